The van der Waals surface area contributed by atoms with Gasteiger partial charge in [0.2, 0.25) is 0 Å². The first-order valence-corrected chi connectivity index (χ1v) is 4.53. The minimum atomic E-state index is -1.05. The van der Waals surface area contributed by atoms with E-state index in [4.69, 9.17) is 11.6 Å². The van der Waals surface area contributed by atoms with E-state index in [9.17, 15) is 9.50 Å². The van der Waals surface area contributed by atoms with E-state index in [2.05, 4.69) is 4.98 Å². The Morgan fingerprint density at radius 3 is 2.69 bits per heavy atom. The molecule has 2 rings (SSSR count). The van der Waals surface area contributed by atoms with Crippen molar-refractivity contribution in [3.05, 3.63) is 28.8 Å². The number of aromatic nitrogens is 1. The van der Waals surface area contributed by atoms with Crippen molar-refractivity contribution < 1.29 is 9.50 Å². The molecule has 0 aliphatic heterocycles. The van der Waals surface area contributed by atoms with Crippen LogP contribution in [-0.4, -0.2) is 10.1 Å². The van der Waals surface area contributed by atoms with Crippen LogP contribution in [0.1, 0.15) is 25.0 Å². The minimum Gasteiger partial charge on any atom is -0.383 e. The molecule has 13 heavy (non-hydrogen) atoms. The van der Waals surface area contributed by atoms with Gasteiger partial charge in [0.15, 0.2) is 0 Å². The average Bonchev–Trinajstić information content (AvgIpc) is 2.00. The fraction of sp³-hybridized carbons (Fsp3) is 0.444. The maximum atomic E-state index is 13.3. The van der Waals surface area contributed by atoms with Crippen molar-refractivity contribution in [1.29, 1.82) is 0 Å². The van der Waals surface area contributed by atoms with Gasteiger partial charge in [0.1, 0.15) is 17.1 Å². The number of halogens is 2. The Kier molecular flexibility index (Phi) is 2.00. The molecule has 0 radical (unpaired) electrons. The van der Waals surface area contributed by atoms with Crippen molar-refractivity contribution in [3.8, 4) is 0 Å². The van der Waals surface area contributed by atoms with Crippen LogP contribution < -0.4 is 0 Å². The van der Waals surface area contributed by atoms with Gasteiger partial charge in [0.05, 0.1) is 5.02 Å². The maximum absolute atomic E-state index is 13.3. The highest BCUT2D eigenvalue weighted by molar-refractivity contribution is 6.30. The van der Waals surface area contributed by atoms with Crippen molar-refractivity contribution in [3.63, 3.8) is 0 Å². The Hall–Kier alpha value is -0.670. The summed E-state index contributed by atoms with van der Waals surface area (Å²) in [6.45, 7) is 0. The van der Waals surface area contributed by atoms with Gasteiger partial charge in [-0.25, -0.2) is 4.39 Å². The Morgan fingerprint density at radius 1 is 1.54 bits per heavy atom. The van der Waals surface area contributed by atoms with Crippen molar-refractivity contribution in [2.24, 2.45) is 0 Å². The topological polar surface area (TPSA) is 33.1 Å². The summed E-state index contributed by atoms with van der Waals surface area (Å²) < 4.78 is 13.3. The molecule has 0 spiro atoms. The highest BCUT2D eigenvalue weighted by atomic mass is 35.5. The third kappa shape index (κ3) is 1.42. The smallest absolute Gasteiger partial charge is 0.149 e. The van der Waals surface area contributed by atoms with Crippen LogP contribution in [0.25, 0.3) is 0 Å². The molecular formula is C9H9ClFNO. The molecule has 70 valence electrons. The van der Waals surface area contributed by atoms with E-state index in [1.54, 1.807) is 0 Å². The van der Waals surface area contributed by atoms with Gasteiger partial charge in [0.25, 0.3) is 0 Å². The summed E-state index contributed by atoms with van der Waals surface area (Å²) in [7, 11) is 0. The van der Waals surface area contributed by atoms with Gasteiger partial charge in [-0.15, -0.1) is 0 Å². The van der Waals surface area contributed by atoms with Crippen LogP contribution in [-0.2, 0) is 5.60 Å². The van der Waals surface area contributed by atoms with Crippen LogP contribution in [0.4, 0.5) is 4.39 Å². The molecule has 0 bridgehead atoms. The molecule has 2 nitrogen and oxygen atoms in total. The summed E-state index contributed by atoms with van der Waals surface area (Å²) in [5.41, 5.74) is -0.919. The molecule has 0 saturated heterocycles. The Labute approximate surface area is 80.4 Å². The molecule has 0 unspecified atom stereocenters. The second-order valence-electron chi connectivity index (χ2n) is 3.37. The summed E-state index contributed by atoms with van der Waals surface area (Å²) in [5, 5.41) is 10.1. The number of hydrogen-bond donors (Lipinski definition) is 1. The molecule has 4 heteroatoms. The van der Waals surface area contributed by atoms with Crippen LogP contribution in [0, 0.1) is 5.82 Å². The lowest BCUT2D eigenvalue weighted by Crippen LogP contribution is -2.35. The molecule has 1 fully saturated rings. The molecule has 0 aromatic carbocycles. The predicted octanol–water partition coefficient (Wildman–Crippen LogP) is 2.25. The predicted molar refractivity (Wildman–Crippen MR) is 47.0 cm³/mol. The third-order valence-electron chi connectivity index (χ3n) is 2.43. The van der Waals surface area contributed by atoms with E-state index in [1.807, 2.05) is 0 Å². The SMILES string of the molecule is OC1(c2ncc(Cl)cc2F)CCC1. The van der Waals surface area contributed by atoms with E-state index in [1.165, 1.54) is 12.3 Å². The number of rotatable bonds is 1. The molecule has 0 atom stereocenters. The standard InChI is InChI=1S/C9H9ClFNO/c10-6-4-7(11)8(12-5-6)9(13)2-1-3-9/h4-5,13H,1-3H2. The molecule has 1 N–H and O–H groups in total. The average molecular weight is 202 g/mol. The third-order valence-corrected chi connectivity index (χ3v) is 2.64. The molecule has 1 aromatic heterocycles. The van der Waals surface area contributed by atoms with Gasteiger partial charge in [0, 0.05) is 6.20 Å². The van der Waals surface area contributed by atoms with Gasteiger partial charge in [-0.2, -0.15) is 0 Å². The minimum absolute atomic E-state index is 0.128. The molecular weight excluding hydrogens is 193 g/mol. The molecule has 1 saturated carbocycles. The van der Waals surface area contributed by atoms with Crippen molar-refractivity contribution >= 4 is 11.6 Å². The van der Waals surface area contributed by atoms with Gasteiger partial charge in [-0.1, -0.05) is 11.6 Å². The second kappa shape index (κ2) is 2.93. The number of pyridine rings is 1. The molecule has 1 aliphatic rings. The van der Waals surface area contributed by atoms with Crippen LogP contribution in [0.15, 0.2) is 12.3 Å². The largest absolute Gasteiger partial charge is 0.383 e. The first kappa shape index (κ1) is 8.91. The monoisotopic (exact) mass is 201 g/mol. The summed E-state index contributed by atoms with van der Waals surface area (Å²) in [5.74, 6) is -0.519. The van der Waals surface area contributed by atoms with Crippen molar-refractivity contribution in [1.82, 2.24) is 4.98 Å². The fourth-order valence-electron chi connectivity index (χ4n) is 1.51. The van der Waals surface area contributed by atoms with E-state index in [-0.39, 0.29) is 10.7 Å². The van der Waals surface area contributed by atoms with Gasteiger partial charge in [-0.3, -0.25) is 4.98 Å². The summed E-state index contributed by atoms with van der Waals surface area (Å²) in [6.07, 6.45) is 3.44. The second-order valence-corrected chi connectivity index (χ2v) is 3.81. The molecule has 0 amide bonds. The zero-order valence-corrected chi connectivity index (χ0v) is 7.68. The van der Waals surface area contributed by atoms with Crippen LogP contribution >= 0.6 is 11.6 Å². The lowest BCUT2D eigenvalue weighted by molar-refractivity contribution is -0.0456. The summed E-state index contributed by atoms with van der Waals surface area (Å²) >= 11 is 5.54. The molecule has 1 heterocycles. The summed E-state index contributed by atoms with van der Waals surface area (Å²) in [6, 6.07) is 1.18. The highest BCUT2D eigenvalue weighted by Gasteiger charge is 2.39. The number of hydrogen-bond acceptors (Lipinski definition) is 2. The van der Waals surface area contributed by atoms with Crippen LogP contribution in [0.3, 0.4) is 0 Å². The quantitative estimate of drug-likeness (QED) is 0.756. The van der Waals surface area contributed by atoms with Crippen LogP contribution in [0.2, 0.25) is 5.02 Å². The molecule has 1 aromatic rings. The summed E-state index contributed by atoms with van der Waals surface area (Å²) in [4.78, 5) is 3.81. The zero-order valence-electron chi connectivity index (χ0n) is 6.93. The Bertz CT molecular complexity index is 338. The van der Waals surface area contributed by atoms with Gasteiger partial charge in [-0.05, 0) is 25.3 Å². The van der Waals surface area contributed by atoms with Crippen molar-refractivity contribution in [2.45, 2.75) is 24.9 Å². The Balaban J connectivity index is 2.40. The normalized spacial score (nSPS) is 19.6. The number of aliphatic hydroxyl groups is 1. The first-order chi connectivity index (χ1) is 6.12. The van der Waals surface area contributed by atoms with E-state index < -0.39 is 11.4 Å². The maximum Gasteiger partial charge on any atom is 0.149 e. The lowest BCUT2D eigenvalue weighted by Gasteiger charge is -2.35. The van der Waals surface area contributed by atoms with E-state index >= 15 is 0 Å². The van der Waals surface area contributed by atoms with E-state index in [0.717, 1.165) is 6.42 Å². The van der Waals surface area contributed by atoms with Gasteiger partial charge < -0.3 is 5.11 Å². The highest BCUT2D eigenvalue weighted by Crippen LogP contribution is 2.41. The molecule has 1 aliphatic carbocycles. The zero-order chi connectivity index (χ0) is 9.47. The van der Waals surface area contributed by atoms with Crippen LogP contribution in [0.5, 0.6) is 0 Å². The van der Waals surface area contributed by atoms with Crippen molar-refractivity contribution in [2.75, 3.05) is 0 Å². The van der Waals surface area contributed by atoms with Gasteiger partial charge >= 0.3 is 0 Å². The van der Waals surface area contributed by atoms with E-state index in [0.29, 0.717) is 12.8 Å². The number of nitrogens with zero attached hydrogens (tertiary/aromatic N) is 1. The first-order valence-electron chi connectivity index (χ1n) is 4.16. The lowest BCUT2D eigenvalue weighted by atomic mass is 9.77. The Morgan fingerprint density at radius 2 is 2.23 bits per heavy atom. The fourth-order valence-corrected chi connectivity index (χ4v) is 1.65.